The van der Waals surface area contributed by atoms with Gasteiger partial charge in [-0.05, 0) is 24.0 Å². The fraction of sp³-hybridized carbons (Fsp3) is 0.231. The molecule has 0 saturated heterocycles. The number of aromatic nitrogens is 2. The predicted octanol–water partition coefficient (Wildman–Crippen LogP) is 4.84. The quantitative estimate of drug-likeness (QED) is 0.581. The van der Waals surface area contributed by atoms with Gasteiger partial charge in [0.1, 0.15) is 6.33 Å². The highest BCUT2D eigenvalue weighted by molar-refractivity contribution is 8.13. The van der Waals surface area contributed by atoms with Gasteiger partial charge in [-0.15, -0.1) is 0 Å². The molecule has 1 heterocycles. The van der Waals surface area contributed by atoms with Crippen LogP contribution in [0.1, 0.15) is 12.5 Å². The van der Waals surface area contributed by atoms with E-state index in [4.69, 9.17) is 11.6 Å². The molecule has 0 bridgehead atoms. The van der Waals surface area contributed by atoms with Gasteiger partial charge in [0, 0.05) is 17.4 Å². The van der Waals surface area contributed by atoms with Gasteiger partial charge in [0.15, 0.2) is 5.17 Å². The number of hydrogen-bond donors (Lipinski definition) is 0. The third-order valence-corrected chi connectivity index (χ3v) is 3.56. The predicted molar refractivity (Wildman–Crippen MR) is 79.3 cm³/mol. The van der Waals surface area contributed by atoms with Crippen LogP contribution < -0.4 is 0 Å². The molecular formula is C13H11ClF3N3S. The Morgan fingerprint density at radius 3 is 2.76 bits per heavy atom. The SMILES string of the molecule is CCSC(=Nc1ccc(Cl)cc1C(F)(F)F)n1ccnc1. The van der Waals surface area contributed by atoms with E-state index in [1.165, 1.54) is 36.4 Å². The highest BCUT2D eigenvalue weighted by Gasteiger charge is 2.34. The van der Waals surface area contributed by atoms with E-state index in [2.05, 4.69) is 9.98 Å². The van der Waals surface area contributed by atoms with Crippen LogP contribution in [0.25, 0.3) is 0 Å². The molecule has 0 spiro atoms. The molecule has 0 aliphatic heterocycles. The molecular weight excluding hydrogens is 323 g/mol. The van der Waals surface area contributed by atoms with E-state index in [-0.39, 0.29) is 10.7 Å². The summed E-state index contributed by atoms with van der Waals surface area (Å²) in [5.41, 5.74) is -1.03. The van der Waals surface area contributed by atoms with Gasteiger partial charge >= 0.3 is 6.18 Å². The number of halogens is 4. The zero-order chi connectivity index (χ0) is 15.5. The molecule has 3 nitrogen and oxygen atoms in total. The standard InChI is InChI=1S/C13H11ClF3N3S/c1-2-21-12(20-6-5-18-8-20)19-11-4-3-9(14)7-10(11)13(15,16)17/h3-8H,2H2,1H3. The number of thioether (sulfide) groups is 1. The smallest absolute Gasteiger partial charge is 0.285 e. The maximum atomic E-state index is 13.1. The van der Waals surface area contributed by atoms with Gasteiger partial charge < -0.3 is 0 Å². The molecule has 0 aliphatic rings. The first kappa shape index (κ1) is 15.9. The van der Waals surface area contributed by atoms with E-state index in [0.717, 1.165) is 6.07 Å². The molecule has 8 heteroatoms. The molecule has 0 fully saturated rings. The number of rotatable bonds is 2. The topological polar surface area (TPSA) is 30.2 Å². The van der Waals surface area contributed by atoms with E-state index in [9.17, 15) is 13.2 Å². The van der Waals surface area contributed by atoms with Gasteiger partial charge in [0.05, 0.1) is 11.3 Å². The molecule has 0 unspecified atom stereocenters. The summed E-state index contributed by atoms with van der Waals surface area (Å²) in [6, 6.07) is 3.53. The highest BCUT2D eigenvalue weighted by Crippen LogP contribution is 2.38. The van der Waals surface area contributed by atoms with Crippen LogP contribution in [-0.4, -0.2) is 20.5 Å². The minimum atomic E-state index is -4.51. The lowest BCUT2D eigenvalue weighted by molar-refractivity contribution is -0.137. The molecule has 1 aromatic heterocycles. The molecule has 2 rings (SSSR count). The monoisotopic (exact) mass is 333 g/mol. The number of imidazole rings is 1. The summed E-state index contributed by atoms with van der Waals surface area (Å²) in [6.45, 7) is 1.89. The molecule has 112 valence electrons. The fourth-order valence-corrected chi connectivity index (χ4v) is 2.45. The number of hydrogen-bond acceptors (Lipinski definition) is 3. The number of benzene rings is 1. The second-order valence-electron chi connectivity index (χ2n) is 3.96. The largest absolute Gasteiger partial charge is 0.418 e. The maximum Gasteiger partial charge on any atom is 0.418 e. The molecule has 0 amide bonds. The molecule has 1 aromatic carbocycles. The van der Waals surface area contributed by atoms with Crippen molar-refractivity contribution in [3.05, 3.63) is 47.5 Å². The third kappa shape index (κ3) is 4.01. The van der Waals surface area contributed by atoms with E-state index >= 15 is 0 Å². The van der Waals surface area contributed by atoms with Crippen LogP contribution in [0.4, 0.5) is 18.9 Å². The molecule has 0 atom stereocenters. The minimum absolute atomic E-state index is 0.0219. The second kappa shape index (κ2) is 6.53. The van der Waals surface area contributed by atoms with Crippen LogP contribution in [-0.2, 0) is 6.18 Å². The van der Waals surface area contributed by atoms with Crippen LogP contribution >= 0.6 is 23.4 Å². The van der Waals surface area contributed by atoms with Crippen molar-refractivity contribution < 1.29 is 13.2 Å². The van der Waals surface area contributed by atoms with Gasteiger partial charge in [-0.2, -0.15) is 13.2 Å². The van der Waals surface area contributed by atoms with Crippen LogP contribution in [0.5, 0.6) is 0 Å². The van der Waals surface area contributed by atoms with Gasteiger partial charge in [-0.25, -0.2) is 9.98 Å². The van der Waals surface area contributed by atoms with Gasteiger partial charge in [0.25, 0.3) is 0 Å². The first-order valence-electron chi connectivity index (χ1n) is 5.98. The highest BCUT2D eigenvalue weighted by atomic mass is 35.5. The van der Waals surface area contributed by atoms with Gasteiger partial charge in [0.2, 0.25) is 0 Å². The van der Waals surface area contributed by atoms with Crippen molar-refractivity contribution in [3.63, 3.8) is 0 Å². The van der Waals surface area contributed by atoms with Crippen molar-refractivity contribution in [2.75, 3.05) is 5.75 Å². The van der Waals surface area contributed by atoms with E-state index < -0.39 is 11.7 Å². The number of aliphatic imine (C=N–C) groups is 1. The first-order valence-corrected chi connectivity index (χ1v) is 7.34. The lowest BCUT2D eigenvalue weighted by atomic mass is 10.2. The molecule has 0 aliphatic carbocycles. The lowest BCUT2D eigenvalue weighted by Gasteiger charge is -2.12. The van der Waals surface area contributed by atoms with Crippen molar-refractivity contribution in [2.45, 2.75) is 13.1 Å². The van der Waals surface area contributed by atoms with Crippen LogP contribution in [0, 0.1) is 0 Å². The van der Waals surface area contributed by atoms with Crippen molar-refractivity contribution in [1.29, 1.82) is 0 Å². The van der Waals surface area contributed by atoms with Crippen molar-refractivity contribution >= 4 is 34.2 Å². The van der Waals surface area contributed by atoms with Gasteiger partial charge in [-0.3, -0.25) is 4.57 Å². The molecule has 0 saturated carbocycles. The minimum Gasteiger partial charge on any atom is -0.285 e. The first-order chi connectivity index (χ1) is 9.91. The van der Waals surface area contributed by atoms with E-state index in [1.54, 1.807) is 10.8 Å². The van der Waals surface area contributed by atoms with Crippen LogP contribution in [0.2, 0.25) is 5.02 Å². The van der Waals surface area contributed by atoms with Crippen molar-refractivity contribution in [1.82, 2.24) is 9.55 Å². The van der Waals surface area contributed by atoms with Crippen LogP contribution in [0.15, 0.2) is 41.9 Å². The summed E-state index contributed by atoms with van der Waals surface area (Å²) in [4.78, 5) is 8.00. The Morgan fingerprint density at radius 1 is 1.43 bits per heavy atom. The van der Waals surface area contributed by atoms with Crippen molar-refractivity contribution in [2.24, 2.45) is 4.99 Å². The summed E-state index contributed by atoms with van der Waals surface area (Å²) >= 11 is 6.98. The Labute approximate surface area is 128 Å². The zero-order valence-corrected chi connectivity index (χ0v) is 12.5. The summed E-state index contributed by atoms with van der Waals surface area (Å²) in [6.07, 6.45) is 0.147. The summed E-state index contributed by atoms with van der Waals surface area (Å²) in [5, 5.41) is 0.441. The second-order valence-corrected chi connectivity index (χ2v) is 5.62. The summed E-state index contributed by atoms with van der Waals surface area (Å²) in [5.74, 6) is 0.673. The summed E-state index contributed by atoms with van der Waals surface area (Å²) in [7, 11) is 0. The summed E-state index contributed by atoms with van der Waals surface area (Å²) < 4.78 is 40.7. The number of nitrogens with zero attached hydrogens (tertiary/aromatic N) is 3. The Hall–Kier alpha value is -1.47. The Kier molecular flexibility index (Phi) is 4.95. The lowest BCUT2D eigenvalue weighted by Crippen LogP contribution is -2.08. The molecule has 0 radical (unpaired) electrons. The number of alkyl halides is 3. The molecule has 2 aromatic rings. The maximum absolute atomic E-state index is 13.1. The van der Waals surface area contributed by atoms with E-state index in [0.29, 0.717) is 10.9 Å². The Bertz CT molecular complexity index is 639. The average molecular weight is 334 g/mol. The molecule has 0 N–H and O–H groups in total. The third-order valence-electron chi connectivity index (χ3n) is 2.48. The fourth-order valence-electron chi connectivity index (χ4n) is 1.60. The molecule has 21 heavy (non-hydrogen) atoms. The zero-order valence-electron chi connectivity index (χ0n) is 10.9. The van der Waals surface area contributed by atoms with E-state index in [1.807, 2.05) is 6.92 Å². The normalized spacial score (nSPS) is 12.7. The van der Waals surface area contributed by atoms with Crippen LogP contribution in [0.3, 0.4) is 0 Å². The average Bonchev–Trinajstić information content (AvgIpc) is 2.93. The van der Waals surface area contributed by atoms with Crippen molar-refractivity contribution in [3.8, 4) is 0 Å². The Morgan fingerprint density at radius 2 is 2.19 bits per heavy atom. The van der Waals surface area contributed by atoms with Gasteiger partial charge in [-0.1, -0.05) is 30.3 Å². The Balaban J connectivity index is 2.52.